The van der Waals surface area contributed by atoms with E-state index in [9.17, 15) is 23.1 Å². The normalized spacial score (nSPS) is 13.6. The topological polar surface area (TPSA) is 99.2 Å². The molecule has 0 bridgehead atoms. The number of hydrazine groups is 1. The molecule has 0 spiro atoms. The molecule has 164 valence electrons. The van der Waals surface area contributed by atoms with Crippen molar-refractivity contribution in [3.63, 3.8) is 0 Å². The van der Waals surface area contributed by atoms with Gasteiger partial charge in [-0.25, -0.2) is 20.8 Å². The van der Waals surface area contributed by atoms with Gasteiger partial charge in [0.2, 0.25) is 0 Å². The summed E-state index contributed by atoms with van der Waals surface area (Å²) in [5.41, 5.74) is 5.21. The number of carbonyl (C=O) groups excluding carboxylic acids is 1. The zero-order valence-corrected chi connectivity index (χ0v) is 17.5. The van der Waals surface area contributed by atoms with Crippen LogP contribution in [0.5, 0.6) is 0 Å². The largest absolute Gasteiger partial charge is 0.418 e. The third-order valence-electron chi connectivity index (χ3n) is 4.07. The first kappa shape index (κ1) is 23.1. The van der Waals surface area contributed by atoms with Crippen LogP contribution in [0.2, 0.25) is 5.02 Å². The first-order valence-electron chi connectivity index (χ1n) is 8.89. The van der Waals surface area contributed by atoms with Gasteiger partial charge < -0.3 is 10.4 Å². The van der Waals surface area contributed by atoms with Crippen molar-refractivity contribution in [3.05, 3.63) is 74.8 Å². The number of rotatable bonds is 7. The number of thiazole rings is 1. The molecule has 2 atom stereocenters. The van der Waals surface area contributed by atoms with Gasteiger partial charge in [0.25, 0.3) is 5.91 Å². The maximum absolute atomic E-state index is 13.0. The fraction of sp³-hybridized carbons (Fsp3) is 0.211. The number of aliphatic hydroxyl groups excluding tert-OH is 1. The van der Waals surface area contributed by atoms with Crippen LogP contribution in [-0.2, 0) is 6.18 Å². The Kier molecular flexibility index (Phi) is 7.23. The molecule has 0 radical (unpaired) electrons. The maximum atomic E-state index is 13.0. The smallest absolute Gasteiger partial charge is 0.373 e. The van der Waals surface area contributed by atoms with Crippen molar-refractivity contribution < 1.29 is 23.1 Å². The highest BCUT2D eigenvalue weighted by Gasteiger charge is 2.34. The van der Waals surface area contributed by atoms with E-state index in [0.717, 1.165) is 17.5 Å². The molecule has 0 saturated heterocycles. The number of hydrogen-bond acceptors (Lipinski definition) is 7. The standard InChI is InChI=1S/C19H17ClF3N5O2S/c1-10(27-28-16(29)11-5-3-2-4-6-11)18-25-9-14(31-18)17(30)26-15-7-12(19(21,22)23)13(20)8-24-15/h2-10,16,27-29H,1H3,(H,24,26,30)/t10-,16?/m0/s1. The maximum Gasteiger partial charge on any atom is 0.418 e. The van der Waals surface area contributed by atoms with E-state index in [4.69, 9.17) is 11.6 Å². The number of aromatic nitrogens is 2. The summed E-state index contributed by atoms with van der Waals surface area (Å²) in [4.78, 5) is 20.4. The van der Waals surface area contributed by atoms with Gasteiger partial charge in [0.05, 0.1) is 22.8 Å². The Balaban J connectivity index is 1.61. The van der Waals surface area contributed by atoms with E-state index in [-0.39, 0.29) is 16.7 Å². The zero-order chi connectivity index (χ0) is 22.6. The molecule has 3 rings (SSSR count). The van der Waals surface area contributed by atoms with Crippen molar-refractivity contribution in [1.29, 1.82) is 0 Å². The highest BCUT2D eigenvalue weighted by Crippen LogP contribution is 2.35. The lowest BCUT2D eigenvalue weighted by Crippen LogP contribution is -2.37. The van der Waals surface area contributed by atoms with Gasteiger partial charge in [0.1, 0.15) is 21.9 Å². The molecule has 31 heavy (non-hydrogen) atoms. The second-order valence-electron chi connectivity index (χ2n) is 6.39. The van der Waals surface area contributed by atoms with Gasteiger partial charge in [-0.15, -0.1) is 11.3 Å². The van der Waals surface area contributed by atoms with Gasteiger partial charge in [-0.1, -0.05) is 41.9 Å². The summed E-state index contributed by atoms with van der Waals surface area (Å²) in [6.45, 7) is 1.77. The number of pyridine rings is 1. The molecular weight excluding hydrogens is 455 g/mol. The van der Waals surface area contributed by atoms with Crippen LogP contribution >= 0.6 is 22.9 Å². The quantitative estimate of drug-likeness (QED) is 0.303. The van der Waals surface area contributed by atoms with Crippen LogP contribution < -0.4 is 16.2 Å². The Morgan fingerprint density at radius 2 is 1.87 bits per heavy atom. The molecule has 0 aliphatic heterocycles. The molecule has 2 aromatic heterocycles. The number of alkyl halides is 3. The Hall–Kier alpha value is -2.57. The molecule has 0 fully saturated rings. The number of nitrogens with zero attached hydrogens (tertiary/aromatic N) is 2. The van der Waals surface area contributed by atoms with Crippen LogP contribution in [0.1, 0.15) is 45.0 Å². The first-order chi connectivity index (χ1) is 14.6. The lowest BCUT2D eigenvalue weighted by atomic mass is 10.2. The summed E-state index contributed by atoms with van der Waals surface area (Å²) >= 11 is 6.58. The van der Waals surface area contributed by atoms with Crippen molar-refractivity contribution in [2.24, 2.45) is 0 Å². The Morgan fingerprint density at radius 3 is 2.55 bits per heavy atom. The van der Waals surface area contributed by atoms with Crippen molar-refractivity contribution in [1.82, 2.24) is 20.8 Å². The van der Waals surface area contributed by atoms with Gasteiger partial charge in [-0.2, -0.15) is 13.2 Å². The van der Waals surface area contributed by atoms with Crippen molar-refractivity contribution in [3.8, 4) is 0 Å². The molecule has 0 aliphatic carbocycles. The molecule has 1 aromatic carbocycles. The summed E-state index contributed by atoms with van der Waals surface area (Å²) in [6, 6.07) is 9.23. The number of halogens is 4. The van der Waals surface area contributed by atoms with Gasteiger partial charge in [-0.3, -0.25) is 4.79 Å². The number of carbonyl (C=O) groups is 1. The summed E-state index contributed by atoms with van der Waals surface area (Å²) < 4.78 is 38.9. The lowest BCUT2D eigenvalue weighted by Gasteiger charge is -2.17. The second kappa shape index (κ2) is 9.71. The van der Waals surface area contributed by atoms with Crippen LogP contribution in [0, 0.1) is 0 Å². The predicted molar refractivity (Wildman–Crippen MR) is 110 cm³/mol. The van der Waals surface area contributed by atoms with Crippen molar-refractivity contribution in [2.75, 3.05) is 5.32 Å². The van der Waals surface area contributed by atoms with Crippen LogP contribution in [0.15, 0.2) is 48.8 Å². The molecule has 3 aromatic rings. The Labute approximate surface area is 184 Å². The Bertz CT molecular complexity index is 1050. The minimum atomic E-state index is -4.67. The van der Waals surface area contributed by atoms with Crippen LogP contribution in [0.4, 0.5) is 19.0 Å². The minimum Gasteiger partial charge on any atom is -0.373 e. The summed E-state index contributed by atoms with van der Waals surface area (Å²) in [7, 11) is 0. The van der Waals surface area contributed by atoms with E-state index < -0.39 is 28.9 Å². The van der Waals surface area contributed by atoms with E-state index >= 15 is 0 Å². The van der Waals surface area contributed by atoms with Gasteiger partial charge in [-0.05, 0) is 18.6 Å². The van der Waals surface area contributed by atoms with Crippen LogP contribution in [0.25, 0.3) is 0 Å². The number of amides is 1. The van der Waals surface area contributed by atoms with Crippen molar-refractivity contribution >= 4 is 34.7 Å². The SMILES string of the molecule is C[C@H](NNC(O)c1ccccc1)c1ncc(C(=O)Nc2cc(C(F)(F)F)c(Cl)cn2)s1. The van der Waals surface area contributed by atoms with Crippen LogP contribution in [0.3, 0.4) is 0 Å². The number of hydrogen-bond donors (Lipinski definition) is 4. The summed E-state index contributed by atoms with van der Waals surface area (Å²) in [5, 5.41) is 12.4. The van der Waals surface area contributed by atoms with Crippen LogP contribution in [-0.4, -0.2) is 21.0 Å². The van der Waals surface area contributed by atoms with Gasteiger partial charge in [0.15, 0.2) is 0 Å². The van der Waals surface area contributed by atoms with E-state index in [1.807, 2.05) is 6.07 Å². The molecule has 7 nitrogen and oxygen atoms in total. The third kappa shape index (κ3) is 5.99. The molecule has 0 aliphatic rings. The summed E-state index contributed by atoms with van der Waals surface area (Å²) in [6.07, 6.45) is -3.49. The molecule has 1 amide bonds. The van der Waals surface area contributed by atoms with E-state index in [1.54, 1.807) is 31.2 Å². The summed E-state index contributed by atoms with van der Waals surface area (Å²) in [5.74, 6) is -0.938. The van der Waals surface area contributed by atoms with Crippen molar-refractivity contribution in [2.45, 2.75) is 25.4 Å². The van der Waals surface area contributed by atoms with E-state index in [1.165, 1.54) is 6.20 Å². The van der Waals surface area contributed by atoms with Gasteiger partial charge >= 0.3 is 6.18 Å². The highest BCUT2D eigenvalue weighted by atomic mass is 35.5. The third-order valence-corrected chi connectivity index (χ3v) is 5.55. The number of anilines is 1. The average molecular weight is 472 g/mol. The highest BCUT2D eigenvalue weighted by molar-refractivity contribution is 7.13. The molecule has 2 heterocycles. The Morgan fingerprint density at radius 1 is 1.16 bits per heavy atom. The van der Waals surface area contributed by atoms with E-state index in [0.29, 0.717) is 16.6 Å². The second-order valence-corrected chi connectivity index (χ2v) is 7.86. The molecular formula is C19H17ClF3N5O2S. The molecule has 0 saturated carbocycles. The minimum absolute atomic E-state index is 0.178. The molecule has 4 N–H and O–H groups in total. The number of benzene rings is 1. The monoisotopic (exact) mass is 471 g/mol. The average Bonchev–Trinajstić information content (AvgIpc) is 3.23. The number of nitrogens with one attached hydrogen (secondary N) is 3. The molecule has 1 unspecified atom stereocenters. The fourth-order valence-corrected chi connectivity index (χ4v) is 3.51. The zero-order valence-electron chi connectivity index (χ0n) is 15.9. The molecule has 12 heteroatoms. The lowest BCUT2D eigenvalue weighted by molar-refractivity contribution is -0.137. The number of aliphatic hydroxyl groups is 1. The van der Waals surface area contributed by atoms with Gasteiger partial charge in [0, 0.05) is 6.20 Å². The fourth-order valence-electron chi connectivity index (χ4n) is 2.48. The predicted octanol–water partition coefficient (Wildman–Crippen LogP) is 4.31. The van der Waals surface area contributed by atoms with E-state index in [2.05, 4.69) is 26.1 Å². The first-order valence-corrected chi connectivity index (χ1v) is 10.1.